The van der Waals surface area contributed by atoms with Gasteiger partial charge in [-0.3, -0.25) is 4.79 Å². The first kappa shape index (κ1) is 11.3. The summed E-state index contributed by atoms with van der Waals surface area (Å²) in [7, 11) is 0. The van der Waals surface area contributed by atoms with Gasteiger partial charge in [0.1, 0.15) is 5.82 Å². The van der Waals surface area contributed by atoms with Crippen molar-refractivity contribution in [3.8, 4) is 0 Å². The second-order valence-electron chi connectivity index (χ2n) is 3.86. The summed E-state index contributed by atoms with van der Waals surface area (Å²) in [6, 6.07) is 10.8. The van der Waals surface area contributed by atoms with E-state index < -0.39 is 5.82 Å². The number of benzene rings is 2. The third kappa shape index (κ3) is 2.18. The summed E-state index contributed by atoms with van der Waals surface area (Å²) in [5, 5.41) is 0. The van der Waals surface area contributed by atoms with Crippen LogP contribution in [0, 0.1) is 12.7 Å². The van der Waals surface area contributed by atoms with Gasteiger partial charge in [0.25, 0.3) is 0 Å². The lowest BCUT2D eigenvalue weighted by molar-refractivity contribution is 0.103. The van der Waals surface area contributed by atoms with E-state index in [4.69, 9.17) is 5.73 Å². The van der Waals surface area contributed by atoms with Gasteiger partial charge in [-0.15, -0.1) is 0 Å². The van der Waals surface area contributed by atoms with Gasteiger partial charge >= 0.3 is 0 Å². The van der Waals surface area contributed by atoms with E-state index in [1.54, 1.807) is 31.2 Å². The predicted octanol–water partition coefficient (Wildman–Crippen LogP) is 2.95. The third-order valence-corrected chi connectivity index (χ3v) is 2.71. The lowest BCUT2D eigenvalue weighted by Gasteiger charge is -2.07. The molecule has 0 unspecified atom stereocenters. The monoisotopic (exact) mass is 229 g/mol. The highest BCUT2D eigenvalue weighted by Crippen LogP contribution is 2.19. The van der Waals surface area contributed by atoms with E-state index in [1.165, 1.54) is 18.2 Å². The Kier molecular flexibility index (Phi) is 2.91. The van der Waals surface area contributed by atoms with Crippen LogP contribution >= 0.6 is 0 Å². The maximum absolute atomic E-state index is 13.0. The van der Waals surface area contributed by atoms with E-state index in [-0.39, 0.29) is 5.78 Å². The van der Waals surface area contributed by atoms with Gasteiger partial charge in [-0.2, -0.15) is 0 Å². The van der Waals surface area contributed by atoms with Gasteiger partial charge in [0.2, 0.25) is 0 Å². The first-order valence-electron chi connectivity index (χ1n) is 5.25. The van der Waals surface area contributed by atoms with Crippen LogP contribution in [0.25, 0.3) is 0 Å². The van der Waals surface area contributed by atoms with Crippen molar-refractivity contribution in [2.24, 2.45) is 0 Å². The molecule has 2 aromatic carbocycles. The minimum Gasteiger partial charge on any atom is -0.398 e. The molecule has 2 rings (SSSR count). The van der Waals surface area contributed by atoms with Gasteiger partial charge in [-0.25, -0.2) is 4.39 Å². The molecule has 2 N–H and O–H groups in total. The summed E-state index contributed by atoms with van der Waals surface area (Å²) in [6.07, 6.45) is 0. The van der Waals surface area contributed by atoms with Crippen molar-refractivity contribution in [3.05, 3.63) is 65.0 Å². The van der Waals surface area contributed by atoms with Crippen LogP contribution < -0.4 is 5.73 Å². The molecule has 0 radical (unpaired) electrons. The van der Waals surface area contributed by atoms with E-state index >= 15 is 0 Å². The number of anilines is 1. The molecule has 0 heterocycles. The van der Waals surface area contributed by atoms with Crippen molar-refractivity contribution in [2.75, 3.05) is 5.73 Å². The first-order valence-corrected chi connectivity index (χ1v) is 5.25. The zero-order valence-corrected chi connectivity index (χ0v) is 9.41. The molecule has 3 heteroatoms. The molecule has 0 bridgehead atoms. The minimum absolute atomic E-state index is 0.214. The Morgan fingerprint density at radius 2 is 1.88 bits per heavy atom. The van der Waals surface area contributed by atoms with Gasteiger partial charge in [-0.1, -0.05) is 24.3 Å². The molecule has 2 nitrogen and oxygen atoms in total. The van der Waals surface area contributed by atoms with E-state index in [1.807, 2.05) is 0 Å². The number of hydrogen-bond acceptors (Lipinski definition) is 2. The van der Waals surface area contributed by atoms with Crippen molar-refractivity contribution in [1.82, 2.24) is 0 Å². The van der Waals surface area contributed by atoms with E-state index in [2.05, 4.69) is 0 Å². The fourth-order valence-corrected chi connectivity index (χ4v) is 1.68. The number of nitrogen functional groups attached to an aromatic ring is 1. The van der Waals surface area contributed by atoms with Gasteiger partial charge in [0.15, 0.2) is 5.78 Å². The molecule has 0 amide bonds. The Bertz CT molecular complexity index is 578. The van der Waals surface area contributed by atoms with Gasteiger partial charge in [0.05, 0.1) is 0 Å². The number of rotatable bonds is 2. The van der Waals surface area contributed by atoms with E-state index in [9.17, 15) is 9.18 Å². The number of carbonyl (C=O) groups excluding carboxylic acids is 1. The maximum atomic E-state index is 13.0. The molecule has 0 saturated carbocycles. The van der Waals surface area contributed by atoms with Crippen LogP contribution in [0.5, 0.6) is 0 Å². The maximum Gasteiger partial charge on any atom is 0.193 e. The summed E-state index contributed by atoms with van der Waals surface area (Å²) < 4.78 is 13.0. The van der Waals surface area contributed by atoms with Gasteiger partial charge < -0.3 is 5.73 Å². The molecule has 0 saturated heterocycles. The van der Waals surface area contributed by atoms with Crippen molar-refractivity contribution in [1.29, 1.82) is 0 Å². The highest BCUT2D eigenvalue weighted by molar-refractivity contribution is 6.10. The SMILES string of the molecule is Cc1c(N)cccc1C(=O)c1cccc(F)c1. The number of carbonyl (C=O) groups is 1. The molecule has 17 heavy (non-hydrogen) atoms. The molecule has 0 aromatic heterocycles. The van der Waals surface area contributed by atoms with Crippen molar-refractivity contribution < 1.29 is 9.18 Å². The molecule has 0 aliphatic heterocycles. The number of halogens is 1. The number of hydrogen-bond donors (Lipinski definition) is 1. The molecule has 0 spiro atoms. The Labute approximate surface area is 98.9 Å². The molecule has 0 atom stereocenters. The van der Waals surface area contributed by atoms with Crippen LogP contribution in [-0.2, 0) is 0 Å². The first-order chi connectivity index (χ1) is 8.09. The Morgan fingerprint density at radius 1 is 1.18 bits per heavy atom. The third-order valence-electron chi connectivity index (χ3n) is 2.71. The Morgan fingerprint density at radius 3 is 2.59 bits per heavy atom. The lowest BCUT2D eigenvalue weighted by atomic mass is 9.98. The van der Waals surface area contributed by atoms with Crippen molar-refractivity contribution in [2.45, 2.75) is 6.92 Å². The van der Waals surface area contributed by atoms with Crippen LogP contribution in [0.4, 0.5) is 10.1 Å². The zero-order valence-electron chi connectivity index (χ0n) is 9.41. The van der Waals surface area contributed by atoms with Crippen molar-refractivity contribution in [3.63, 3.8) is 0 Å². The quantitative estimate of drug-likeness (QED) is 0.635. The summed E-state index contributed by atoms with van der Waals surface area (Å²) in [5.41, 5.74) is 7.87. The van der Waals surface area contributed by atoms with Crippen LogP contribution in [0.3, 0.4) is 0 Å². The highest BCUT2D eigenvalue weighted by atomic mass is 19.1. The number of ketones is 1. The van der Waals surface area contributed by atoms with Crippen LogP contribution in [0.15, 0.2) is 42.5 Å². The smallest absolute Gasteiger partial charge is 0.193 e. The summed E-state index contributed by atoms with van der Waals surface area (Å²) in [5.74, 6) is -0.633. The zero-order chi connectivity index (χ0) is 12.4. The van der Waals surface area contributed by atoms with Crippen LogP contribution in [0.2, 0.25) is 0 Å². The van der Waals surface area contributed by atoms with E-state index in [0.29, 0.717) is 16.8 Å². The Hall–Kier alpha value is -2.16. The predicted molar refractivity (Wildman–Crippen MR) is 65.4 cm³/mol. The topological polar surface area (TPSA) is 43.1 Å². The Balaban J connectivity index is 2.48. The van der Waals surface area contributed by atoms with Gasteiger partial charge in [-0.05, 0) is 30.7 Å². The molecular weight excluding hydrogens is 217 g/mol. The second kappa shape index (κ2) is 4.37. The normalized spacial score (nSPS) is 10.2. The molecule has 0 aliphatic rings. The molecule has 0 fully saturated rings. The van der Waals surface area contributed by atoms with Crippen LogP contribution in [-0.4, -0.2) is 5.78 Å². The summed E-state index contributed by atoms with van der Waals surface area (Å²) in [4.78, 5) is 12.1. The van der Waals surface area contributed by atoms with Crippen LogP contribution in [0.1, 0.15) is 21.5 Å². The molecule has 0 aliphatic carbocycles. The van der Waals surface area contributed by atoms with Gasteiger partial charge in [0, 0.05) is 16.8 Å². The summed E-state index contributed by atoms with van der Waals surface area (Å²) >= 11 is 0. The number of nitrogens with two attached hydrogens (primary N) is 1. The largest absolute Gasteiger partial charge is 0.398 e. The minimum atomic E-state index is -0.419. The lowest BCUT2D eigenvalue weighted by Crippen LogP contribution is -2.05. The fourth-order valence-electron chi connectivity index (χ4n) is 1.68. The van der Waals surface area contributed by atoms with Crippen molar-refractivity contribution >= 4 is 11.5 Å². The molecular formula is C14H12FNO. The molecule has 2 aromatic rings. The second-order valence-corrected chi connectivity index (χ2v) is 3.86. The average Bonchev–Trinajstić information content (AvgIpc) is 2.32. The molecule has 86 valence electrons. The fraction of sp³-hybridized carbons (Fsp3) is 0.0714. The van der Waals surface area contributed by atoms with E-state index in [0.717, 1.165) is 5.56 Å². The highest BCUT2D eigenvalue weighted by Gasteiger charge is 2.13. The standard InChI is InChI=1S/C14H12FNO/c1-9-12(6-3-7-13(9)16)14(17)10-4-2-5-11(15)8-10/h2-8H,16H2,1H3. The summed E-state index contributed by atoms with van der Waals surface area (Å²) in [6.45, 7) is 1.78. The average molecular weight is 229 g/mol.